The van der Waals surface area contributed by atoms with E-state index in [9.17, 15) is 4.79 Å². The maximum Gasteiger partial charge on any atom is 0.252 e. The first-order valence-electron chi connectivity index (χ1n) is 7.53. The summed E-state index contributed by atoms with van der Waals surface area (Å²) in [5, 5.41) is 9.18. The molecular weight excluding hydrogens is 472 g/mol. The van der Waals surface area contributed by atoms with Crippen LogP contribution in [-0.4, -0.2) is 21.0 Å². The number of aryl methyl sites for hydroxylation is 1. The fourth-order valence-electron chi connectivity index (χ4n) is 2.08. The van der Waals surface area contributed by atoms with Crippen molar-refractivity contribution in [3.63, 3.8) is 0 Å². The van der Waals surface area contributed by atoms with E-state index >= 15 is 0 Å². The molecular formula is C17H14Cl5N3OS. The number of anilines is 1. The first kappa shape index (κ1) is 22.3. The number of halogens is 5. The van der Waals surface area contributed by atoms with Gasteiger partial charge in [-0.05, 0) is 49.5 Å². The van der Waals surface area contributed by atoms with Gasteiger partial charge in [-0.15, -0.1) is 0 Å². The summed E-state index contributed by atoms with van der Waals surface area (Å²) in [7, 11) is 0. The molecule has 0 bridgehead atoms. The normalized spacial score (nSPS) is 12.2. The summed E-state index contributed by atoms with van der Waals surface area (Å²) in [5.74, 6) is -0.421. The molecule has 0 fully saturated rings. The number of carbonyl (C=O) groups is 1. The molecule has 4 nitrogen and oxygen atoms in total. The lowest BCUT2D eigenvalue weighted by Crippen LogP contribution is -2.56. The van der Waals surface area contributed by atoms with E-state index in [0.717, 1.165) is 5.56 Å². The van der Waals surface area contributed by atoms with Crippen LogP contribution in [0, 0.1) is 6.92 Å². The second-order valence-corrected chi connectivity index (χ2v) is 9.16. The number of benzene rings is 2. The van der Waals surface area contributed by atoms with Crippen molar-refractivity contribution in [3.8, 4) is 0 Å². The standard InChI is InChI=1S/C17H14Cl5N3OS/c1-9-3-2-4-10(7-9)14(26)24-15(17(20,21)22)25-16(27)23-13-6-5-11(18)8-12(13)19/h2-8,15H,1H3,(H,24,26)(H2,23,25,27)/t15-/m0/s1. The van der Waals surface area contributed by atoms with Gasteiger partial charge in [0.1, 0.15) is 6.17 Å². The van der Waals surface area contributed by atoms with Crippen LogP contribution in [0.5, 0.6) is 0 Å². The second kappa shape index (κ2) is 9.50. The van der Waals surface area contributed by atoms with Gasteiger partial charge in [0.05, 0.1) is 10.7 Å². The lowest BCUT2D eigenvalue weighted by atomic mass is 10.1. The highest BCUT2D eigenvalue weighted by atomic mass is 35.6. The minimum absolute atomic E-state index is 0.0973. The SMILES string of the molecule is Cc1cccc(C(=O)N[C@@H](NC(=S)Nc2ccc(Cl)cc2Cl)C(Cl)(Cl)Cl)c1. The summed E-state index contributed by atoms with van der Waals surface area (Å²) >= 11 is 35.1. The molecule has 1 atom stereocenters. The summed E-state index contributed by atoms with van der Waals surface area (Å²) in [6.45, 7) is 1.87. The van der Waals surface area contributed by atoms with Gasteiger partial charge in [0.15, 0.2) is 5.11 Å². The number of carbonyl (C=O) groups excluding carboxylic acids is 1. The Bertz CT molecular complexity index is 857. The van der Waals surface area contributed by atoms with Crippen molar-refractivity contribution >= 4 is 86.9 Å². The van der Waals surface area contributed by atoms with Gasteiger partial charge in [-0.25, -0.2) is 0 Å². The number of amides is 1. The van der Waals surface area contributed by atoms with E-state index in [4.69, 9.17) is 70.2 Å². The number of rotatable bonds is 4. The molecule has 2 rings (SSSR count). The largest absolute Gasteiger partial charge is 0.339 e. The molecule has 0 heterocycles. The van der Waals surface area contributed by atoms with E-state index in [1.54, 1.807) is 36.4 Å². The van der Waals surface area contributed by atoms with Gasteiger partial charge in [0.25, 0.3) is 5.91 Å². The molecule has 0 aliphatic rings. The summed E-state index contributed by atoms with van der Waals surface area (Å²) in [5.41, 5.74) is 1.86. The molecule has 0 radical (unpaired) electrons. The Hall–Kier alpha value is -0.950. The van der Waals surface area contributed by atoms with Crippen molar-refractivity contribution in [2.75, 3.05) is 5.32 Å². The quantitative estimate of drug-likeness (QED) is 0.295. The van der Waals surface area contributed by atoms with Crippen LogP contribution in [0.25, 0.3) is 0 Å². The maximum atomic E-state index is 12.5. The van der Waals surface area contributed by atoms with Crippen molar-refractivity contribution < 1.29 is 4.79 Å². The molecule has 0 aliphatic carbocycles. The fourth-order valence-corrected chi connectivity index (χ4v) is 3.09. The molecule has 0 aromatic heterocycles. The molecule has 144 valence electrons. The molecule has 0 saturated carbocycles. The van der Waals surface area contributed by atoms with E-state index in [2.05, 4.69) is 16.0 Å². The first-order chi connectivity index (χ1) is 12.6. The van der Waals surface area contributed by atoms with E-state index in [1.165, 1.54) is 0 Å². The van der Waals surface area contributed by atoms with Crippen molar-refractivity contribution in [1.82, 2.24) is 10.6 Å². The van der Waals surface area contributed by atoms with Crippen LogP contribution in [-0.2, 0) is 0 Å². The zero-order valence-electron chi connectivity index (χ0n) is 13.8. The van der Waals surface area contributed by atoms with Gasteiger partial charge in [-0.2, -0.15) is 0 Å². The summed E-state index contributed by atoms with van der Waals surface area (Å²) in [6, 6.07) is 11.8. The lowest BCUT2D eigenvalue weighted by Gasteiger charge is -2.28. The highest BCUT2D eigenvalue weighted by Crippen LogP contribution is 2.30. The predicted octanol–water partition coefficient (Wildman–Crippen LogP) is 5.71. The third kappa shape index (κ3) is 6.86. The molecule has 3 N–H and O–H groups in total. The van der Waals surface area contributed by atoms with Crippen molar-refractivity contribution in [2.24, 2.45) is 0 Å². The Kier molecular flexibility index (Phi) is 7.86. The van der Waals surface area contributed by atoms with E-state index in [0.29, 0.717) is 21.3 Å². The van der Waals surface area contributed by atoms with Crippen LogP contribution in [0.3, 0.4) is 0 Å². The molecule has 0 spiro atoms. The third-order valence-electron chi connectivity index (χ3n) is 3.34. The second-order valence-electron chi connectivity index (χ2n) is 5.54. The Morgan fingerprint density at radius 3 is 2.37 bits per heavy atom. The molecule has 1 amide bonds. The van der Waals surface area contributed by atoms with Crippen LogP contribution in [0.2, 0.25) is 10.0 Å². The monoisotopic (exact) mass is 483 g/mol. The van der Waals surface area contributed by atoms with E-state index in [1.807, 2.05) is 13.0 Å². The van der Waals surface area contributed by atoms with Gasteiger partial charge < -0.3 is 16.0 Å². The lowest BCUT2D eigenvalue weighted by molar-refractivity contribution is 0.0934. The number of nitrogens with one attached hydrogen (secondary N) is 3. The smallest absolute Gasteiger partial charge is 0.252 e. The van der Waals surface area contributed by atoms with Crippen molar-refractivity contribution in [3.05, 3.63) is 63.6 Å². The maximum absolute atomic E-state index is 12.5. The van der Waals surface area contributed by atoms with Gasteiger partial charge in [-0.1, -0.05) is 75.7 Å². The molecule has 0 saturated heterocycles. The van der Waals surface area contributed by atoms with Crippen LogP contribution < -0.4 is 16.0 Å². The van der Waals surface area contributed by atoms with Crippen LogP contribution in [0.1, 0.15) is 15.9 Å². The van der Waals surface area contributed by atoms with Crippen molar-refractivity contribution in [2.45, 2.75) is 16.9 Å². The van der Waals surface area contributed by atoms with E-state index < -0.39 is 15.9 Å². The number of alkyl halides is 3. The Balaban J connectivity index is 2.10. The highest BCUT2D eigenvalue weighted by molar-refractivity contribution is 7.80. The zero-order valence-corrected chi connectivity index (χ0v) is 18.4. The Morgan fingerprint density at radius 2 is 1.78 bits per heavy atom. The summed E-state index contributed by atoms with van der Waals surface area (Å²) in [4.78, 5) is 12.5. The summed E-state index contributed by atoms with van der Waals surface area (Å²) < 4.78 is -1.87. The highest BCUT2D eigenvalue weighted by Gasteiger charge is 2.35. The minimum atomic E-state index is -1.87. The minimum Gasteiger partial charge on any atom is -0.339 e. The Labute approximate surface area is 187 Å². The molecule has 2 aromatic carbocycles. The topological polar surface area (TPSA) is 53.2 Å². The van der Waals surface area contributed by atoms with Crippen LogP contribution in [0.15, 0.2) is 42.5 Å². The number of hydrogen-bond donors (Lipinski definition) is 3. The zero-order chi connectivity index (χ0) is 20.2. The number of thiocarbonyl (C=S) groups is 1. The van der Waals surface area contributed by atoms with Gasteiger partial charge in [-0.3, -0.25) is 4.79 Å². The fraction of sp³-hybridized carbons (Fsp3) is 0.176. The van der Waals surface area contributed by atoms with Crippen LogP contribution in [0.4, 0.5) is 5.69 Å². The van der Waals surface area contributed by atoms with Gasteiger partial charge in [0, 0.05) is 10.6 Å². The first-order valence-corrected chi connectivity index (χ1v) is 9.83. The Morgan fingerprint density at radius 1 is 1.07 bits per heavy atom. The predicted molar refractivity (Wildman–Crippen MR) is 119 cm³/mol. The van der Waals surface area contributed by atoms with Gasteiger partial charge >= 0.3 is 0 Å². The average molecular weight is 486 g/mol. The molecule has 0 aliphatic heterocycles. The summed E-state index contributed by atoms with van der Waals surface area (Å²) in [6.07, 6.45) is -1.10. The van der Waals surface area contributed by atoms with Gasteiger partial charge in [0.2, 0.25) is 3.79 Å². The molecule has 27 heavy (non-hydrogen) atoms. The molecule has 0 unspecified atom stereocenters. The van der Waals surface area contributed by atoms with Crippen molar-refractivity contribution in [1.29, 1.82) is 0 Å². The van der Waals surface area contributed by atoms with Crippen LogP contribution >= 0.6 is 70.2 Å². The molecule has 2 aromatic rings. The third-order valence-corrected chi connectivity index (χ3v) is 4.76. The average Bonchev–Trinajstić information content (AvgIpc) is 2.56. The van der Waals surface area contributed by atoms with E-state index in [-0.39, 0.29) is 5.11 Å². The number of hydrogen-bond acceptors (Lipinski definition) is 2. The molecule has 10 heteroatoms.